The molecule has 0 aliphatic rings. The van der Waals surface area contributed by atoms with Gasteiger partial charge in [0.05, 0.1) is 12.3 Å². The van der Waals surface area contributed by atoms with Crippen LogP contribution in [0.1, 0.15) is 29.3 Å². The molecule has 4 aromatic rings. The molecule has 0 saturated carbocycles. The fraction of sp³-hybridized carbons (Fsp3) is 0.174. The van der Waals surface area contributed by atoms with Gasteiger partial charge >= 0.3 is 0 Å². The van der Waals surface area contributed by atoms with Crippen LogP contribution in [-0.4, -0.2) is 27.5 Å². The molecule has 1 amide bonds. The molecule has 4 rings (SSSR count). The molecule has 0 fully saturated rings. The normalized spacial score (nSPS) is 10.8. The lowest BCUT2D eigenvalue weighted by Gasteiger charge is -2.08. The van der Waals surface area contributed by atoms with Crippen LogP contribution < -0.4 is 10.1 Å². The Hall–Kier alpha value is -3.67. The maximum Gasteiger partial charge on any atom is 0.255 e. The molecule has 0 radical (unpaired) electrons. The van der Waals surface area contributed by atoms with Crippen LogP contribution in [0.4, 0.5) is 5.69 Å². The molecule has 0 aliphatic carbocycles. The summed E-state index contributed by atoms with van der Waals surface area (Å²) >= 11 is 0. The number of carbonyl (C=O) groups excluding carboxylic acids is 1. The molecular formula is C23H22N4O2. The lowest BCUT2D eigenvalue weighted by Crippen LogP contribution is -2.12. The van der Waals surface area contributed by atoms with Crippen LogP contribution in [0.15, 0.2) is 66.7 Å². The maximum atomic E-state index is 12.6. The molecule has 0 atom stereocenters. The second-order valence-electron chi connectivity index (χ2n) is 6.86. The average Bonchev–Trinajstić information content (AvgIpc) is 3.16. The van der Waals surface area contributed by atoms with E-state index in [4.69, 9.17) is 4.74 Å². The second kappa shape index (κ2) is 8.14. The van der Waals surface area contributed by atoms with Gasteiger partial charge in [-0.15, -0.1) is 10.2 Å². The zero-order chi connectivity index (χ0) is 20.2. The third-order valence-electron chi connectivity index (χ3n) is 4.47. The number of nitrogens with one attached hydrogen (secondary N) is 1. The van der Waals surface area contributed by atoms with E-state index in [0.717, 1.165) is 17.6 Å². The Morgan fingerprint density at radius 1 is 1.00 bits per heavy atom. The summed E-state index contributed by atoms with van der Waals surface area (Å²) in [6.07, 6.45) is 0.916. The van der Waals surface area contributed by atoms with Gasteiger partial charge in [-0.2, -0.15) is 4.80 Å². The summed E-state index contributed by atoms with van der Waals surface area (Å²) < 4.78 is 5.60. The van der Waals surface area contributed by atoms with Gasteiger partial charge in [-0.05, 0) is 61.9 Å². The second-order valence-corrected chi connectivity index (χ2v) is 6.86. The highest BCUT2D eigenvalue weighted by molar-refractivity contribution is 6.05. The van der Waals surface area contributed by atoms with Crippen LogP contribution in [0, 0.1) is 6.92 Å². The first-order valence-corrected chi connectivity index (χ1v) is 9.61. The quantitative estimate of drug-likeness (QED) is 0.518. The average molecular weight is 386 g/mol. The minimum Gasteiger partial charge on any atom is -0.494 e. The van der Waals surface area contributed by atoms with Crippen molar-refractivity contribution in [1.82, 2.24) is 15.0 Å². The highest BCUT2D eigenvalue weighted by atomic mass is 16.5. The molecule has 3 aromatic carbocycles. The van der Waals surface area contributed by atoms with Gasteiger partial charge in [0.2, 0.25) is 0 Å². The number of aromatic nitrogens is 3. The summed E-state index contributed by atoms with van der Waals surface area (Å²) in [4.78, 5) is 14.2. The topological polar surface area (TPSA) is 69.0 Å². The molecule has 6 nitrogen and oxygen atoms in total. The van der Waals surface area contributed by atoms with Gasteiger partial charge in [-0.25, -0.2) is 0 Å². The van der Waals surface area contributed by atoms with E-state index >= 15 is 0 Å². The Morgan fingerprint density at radius 3 is 2.59 bits per heavy atom. The van der Waals surface area contributed by atoms with Crippen LogP contribution in [-0.2, 0) is 0 Å². The van der Waals surface area contributed by atoms with Gasteiger partial charge in [-0.1, -0.05) is 30.7 Å². The van der Waals surface area contributed by atoms with E-state index in [1.165, 1.54) is 5.56 Å². The number of hydrogen-bond acceptors (Lipinski definition) is 4. The summed E-state index contributed by atoms with van der Waals surface area (Å²) in [7, 11) is 0. The predicted octanol–water partition coefficient (Wildman–Crippen LogP) is 4.77. The predicted molar refractivity (Wildman–Crippen MR) is 114 cm³/mol. The van der Waals surface area contributed by atoms with E-state index in [1.807, 2.05) is 68.4 Å². The fourth-order valence-electron chi connectivity index (χ4n) is 2.94. The van der Waals surface area contributed by atoms with Crippen LogP contribution in [0.3, 0.4) is 0 Å². The van der Waals surface area contributed by atoms with E-state index in [9.17, 15) is 4.79 Å². The van der Waals surface area contributed by atoms with Crippen LogP contribution >= 0.6 is 0 Å². The van der Waals surface area contributed by atoms with Gasteiger partial charge in [0, 0.05) is 11.3 Å². The molecule has 1 aromatic heterocycles. The SMILES string of the molecule is CCCOc1cccc(C(=O)Nc2ccc3nn(-c4ccc(C)cc4)nc3c2)c1. The first-order chi connectivity index (χ1) is 14.1. The molecular weight excluding hydrogens is 364 g/mol. The van der Waals surface area contributed by atoms with Gasteiger partial charge in [0.25, 0.3) is 5.91 Å². The van der Waals surface area contributed by atoms with E-state index < -0.39 is 0 Å². The van der Waals surface area contributed by atoms with Crippen LogP contribution in [0.5, 0.6) is 5.75 Å². The van der Waals surface area contributed by atoms with Crippen molar-refractivity contribution in [3.63, 3.8) is 0 Å². The van der Waals surface area contributed by atoms with Crippen LogP contribution in [0.2, 0.25) is 0 Å². The zero-order valence-electron chi connectivity index (χ0n) is 16.4. The number of ether oxygens (including phenoxy) is 1. The molecule has 29 heavy (non-hydrogen) atoms. The molecule has 0 spiro atoms. The molecule has 0 aliphatic heterocycles. The molecule has 0 bridgehead atoms. The third kappa shape index (κ3) is 4.27. The Morgan fingerprint density at radius 2 is 1.79 bits per heavy atom. The van der Waals surface area contributed by atoms with Crippen molar-refractivity contribution >= 4 is 22.6 Å². The molecule has 1 N–H and O–H groups in total. The van der Waals surface area contributed by atoms with E-state index in [0.29, 0.717) is 29.1 Å². The van der Waals surface area contributed by atoms with Gasteiger partial charge < -0.3 is 10.1 Å². The van der Waals surface area contributed by atoms with Crippen molar-refractivity contribution in [2.24, 2.45) is 0 Å². The Labute approximate surface area is 169 Å². The number of amides is 1. The largest absolute Gasteiger partial charge is 0.494 e. The summed E-state index contributed by atoms with van der Waals surface area (Å²) in [6.45, 7) is 4.71. The summed E-state index contributed by atoms with van der Waals surface area (Å²) in [5.74, 6) is 0.494. The van der Waals surface area contributed by atoms with Crippen LogP contribution in [0.25, 0.3) is 16.7 Å². The van der Waals surface area contributed by atoms with E-state index in [-0.39, 0.29) is 5.91 Å². The maximum absolute atomic E-state index is 12.6. The summed E-state index contributed by atoms with van der Waals surface area (Å²) in [6, 6.07) is 20.7. The molecule has 0 unspecified atom stereocenters. The number of nitrogens with zero attached hydrogens (tertiary/aromatic N) is 3. The van der Waals surface area contributed by atoms with Crippen molar-refractivity contribution in [3.05, 3.63) is 77.9 Å². The minimum atomic E-state index is -0.197. The zero-order valence-corrected chi connectivity index (χ0v) is 16.4. The first kappa shape index (κ1) is 18.7. The van der Waals surface area contributed by atoms with Crippen molar-refractivity contribution in [2.75, 3.05) is 11.9 Å². The lowest BCUT2D eigenvalue weighted by atomic mass is 10.2. The van der Waals surface area contributed by atoms with Crippen molar-refractivity contribution in [2.45, 2.75) is 20.3 Å². The highest BCUT2D eigenvalue weighted by Crippen LogP contribution is 2.20. The number of benzene rings is 3. The minimum absolute atomic E-state index is 0.197. The van der Waals surface area contributed by atoms with Crippen molar-refractivity contribution in [3.8, 4) is 11.4 Å². The Bertz CT molecular complexity index is 1150. The Balaban J connectivity index is 1.54. The monoisotopic (exact) mass is 386 g/mol. The molecule has 0 saturated heterocycles. The van der Waals surface area contributed by atoms with Gasteiger partial charge in [0.1, 0.15) is 16.8 Å². The van der Waals surface area contributed by atoms with Crippen molar-refractivity contribution < 1.29 is 9.53 Å². The fourth-order valence-corrected chi connectivity index (χ4v) is 2.94. The van der Waals surface area contributed by atoms with Gasteiger partial charge in [0.15, 0.2) is 0 Å². The number of hydrogen-bond donors (Lipinski definition) is 1. The van der Waals surface area contributed by atoms with Crippen molar-refractivity contribution in [1.29, 1.82) is 0 Å². The number of carbonyl (C=O) groups is 1. The highest BCUT2D eigenvalue weighted by Gasteiger charge is 2.10. The molecule has 6 heteroatoms. The third-order valence-corrected chi connectivity index (χ3v) is 4.47. The van der Waals surface area contributed by atoms with E-state index in [2.05, 4.69) is 15.5 Å². The number of rotatable bonds is 6. The number of anilines is 1. The van der Waals surface area contributed by atoms with E-state index in [1.54, 1.807) is 16.9 Å². The smallest absolute Gasteiger partial charge is 0.255 e. The standard InChI is InChI=1S/C23H22N4O2/c1-3-13-29-20-6-4-5-17(14-20)23(28)24-18-9-12-21-22(15-18)26-27(25-21)19-10-7-16(2)8-11-19/h4-12,14-15H,3,13H2,1-2H3,(H,24,28). The first-order valence-electron chi connectivity index (χ1n) is 9.61. The number of aryl methyl sites for hydroxylation is 1. The summed E-state index contributed by atoms with van der Waals surface area (Å²) in [5.41, 5.74) is 4.75. The lowest BCUT2D eigenvalue weighted by molar-refractivity contribution is 0.102. The molecule has 146 valence electrons. The number of fused-ring (bicyclic) bond motifs is 1. The Kier molecular flexibility index (Phi) is 5.24. The van der Waals surface area contributed by atoms with Gasteiger partial charge in [-0.3, -0.25) is 4.79 Å². The molecule has 1 heterocycles. The summed E-state index contributed by atoms with van der Waals surface area (Å²) in [5, 5.41) is 12.0.